The Morgan fingerprint density at radius 3 is 2.50 bits per heavy atom. The Balaban J connectivity index is 1.57. The minimum Gasteiger partial charge on any atom is -0.489 e. The van der Waals surface area contributed by atoms with Crippen LogP contribution in [0.2, 0.25) is 5.02 Å². The molecule has 0 N–H and O–H groups in total. The zero-order valence-electron chi connectivity index (χ0n) is 16.4. The first-order valence-electron chi connectivity index (χ1n) is 9.28. The van der Waals surface area contributed by atoms with Gasteiger partial charge in [-0.2, -0.15) is 0 Å². The van der Waals surface area contributed by atoms with Crippen LogP contribution in [-0.2, 0) is 6.61 Å². The Kier molecular flexibility index (Phi) is 5.84. The van der Waals surface area contributed by atoms with E-state index in [1.807, 2.05) is 38.1 Å². The molecule has 0 saturated heterocycles. The lowest BCUT2D eigenvalue weighted by Gasteiger charge is -2.10. The molecule has 30 heavy (non-hydrogen) atoms. The van der Waals surface area contributed by atoms with Crippen molar-refractivity contribution in [2.24, 2.45) is 0 Å². The second kappa shape index (κ2) is 8.54. The maximum absolute atomic E-state index is 12.8. The molecule has 0 bridgehead atoms. The molecule has 3 aromatic carbocycles. The van der Waals surface area contributed by atoms with Gasteiger partial charge >= 0.3 is 0 Å². The van der Waals surface area contributed by atoms with Crippen molar-refractivity contribution in [3.05, 3.63) is 97.3 Å². The molecule has 0 radical (unpaired) electrons. The Labute approximate surface area is 187 Å². The molecule has 0 aliphatic carbocycles. The lowest BCUT2D eigenvalue weighted by Crippen LogP contribution is -2.05. The number of aryl methyl sites for hydroxylation is 2. The van der Waals surface area contributed by atoms with Crippen molar-refractivity contribution < 1.29 is 13.9 Å². The third kappa shape index (κ3) is 4.37. The van der Waals surface area contributed by atoms with E-state index < -0.39 is 0 Å². The quantitative estimate of drug-likeness (QED) is 0.300. The van der Waals surface area contributed by atoms with E-state index in [4.69, 9.17) is 25.5 Å². The van der Waals surface area contributed by atoms with Crippen LogP contribution in [0.5, 0.6) is 17.2 Å². The molecule has 0 saturated carbocycles. The van der Waals surface area contributed by atoms with E-state index in [0.29, 0.717) is 34.1 Å². The lowest BCUT2D eigenvalue weighted by molar-refractivity contribution is 0.306. The molecule has 1 heterocycles. The van der Waals surface area contributed by atoms with Crippen LogP contribution in [0.15, 0.2) is 74.5 Å². The highest BCUT2D eigenvalue weighted by Gasteiger charge is 2.12. The van der Waals surface area contributed by atoms with Crippen molar-refractivity contribution in [3.8, 4) is 17.2 Å². The van der Waals surface area contributed by atoms with Crippen molar-refractivity contribution >= 4 is 38.5 Å². The van der Waals surface area contributed by atoms with E-state index in [0.717, 1.165) is 21.2 Å². The summed E-state index contributed by atoms with van der Waals surface area (Å²) in [5.41, 5.74) is 2.97. The molecule has 0 aliphatic heterocycles. The number of hydrogen-bond donors (Lipinski definition) is 0. The van der Waals surface area contributed by atoms with E-state index in [-0.39, 0.29) is 11.2 Å². The van der Waals surface area contributed by atoms with Crippen LogP contribution in [0.1, 0.15) is 16.7 Å². The van der Waals surface area contributed by atoms with Gasteiger partial charge in [-0.15, -0.1) is 0 Å². The van der Waals surface area contributed by atoms with Crippen LogP contribution in [-0.4, -0.2) is 0 Å². The van der Waals surface area contributed by atoms with Crippen LogP contribution in [0.25, 0.3) is 11.0 Å². The van der Waals surface area contributed by atoms with Crippen LogP contribution < -0.4 is 14.9 Å². The van der Waals surface area contributed by atoms with Crippen LogP contribution >= 0.6 is 27.5 Å². The lowest BCUT2D eigenvalue weighted by atomic mass is 10.1. The van der Waals surface area contributed by atoms with Crippen LogP contribution in [0.4, 0.5) is 0 Å². The van der Waals surface area contributed by atoms with Gasteiger partial charge in [0.15, 0.2) is 0 Å². The van der Waals surface area contributed by atoms with Gasteiger partial charge in [-0.25, -0.2) is 0 Å². The maximum Gasteiger partial charge on any atom is 0.235 e. The second-order valence-corrected chi connectivity index (χ2v) is 8.27. The predicted octanol–water partition coefficient (Wildman–Crippen LogP) is 7.20. The van der Waals surface area contributed by atoms with Gasteiger partial charge < -0.3 is 13.9 Å². The largest absolute Gasteiger partial charge is 0.489 e. The molecule has 6 heteroatoms. The standard InChI is InChI=1S/C24H18BrClO4/c1-14-8-19(9-15(2)23(14)26)30-22-13-29-21-11-18(6-7-20(21)24(22)27)28-12-16-4-3-5-17(25)10-16/h3-11,13H,12H2,1-2H3. The second-order valence-electron chi connectivity index (χ2n) is 6.98. The van der Waals surface area contributed by atoms with Crippen molar-refractivity contribution in [2.75, 3.05) is 0 Å². The number of ether oxygens (including phenoxy) is 2. The molecule has 0 atom stereocenters. The summed E-state index contributed by atoms with van der Waals surface area (Å²) in [7, 11) is 0. The van der Waals surface area contributed by atoms with E-state index in [1.54, 1.807) is 30.3 Å². The zero-order chi connectivity index (χ0) is 21.3. The minimum absolute atomic E-state index is 0.117. The van der Waals surface area contributed by atoms with Gasteiger partial charge in [0.2, 0.25) is 11.2 Å². The van der Waals surface area contributed by atoms with Gasteiger partial charge in [-0.05, 0) is 66.9 Å². The smallest absolute Gasteiger partial charge is 0.235 e. The summed E-state index contributed by atoms with van der Waals surface area (Å²) in [5, 5.41) is 1.10. The summed E-state index contributed by atoms with van der Waals surface area (Å²) in [5.74, 6) is 1.27. The monoisotopic (exact) mass is 484 g/mol. The summed E-state index contributed by atoms with van der Waals surface area (Å²) in [6, 6.07) is 16.6. The van der Waals surface area contributed by atoms with Crippen molar-refractivity contribution in [2.45, 2.75) is 20.5 Å². The number of fused-ring (bicyclic) bond motifs is 1. The highest BCUT2D eigenvalue weighted by molar-refractivity contribution is 9.10. The van der Waals surface area contributed by atoms with Crippen LogP contribution in [0, 0.1) is 13.8 Å². The predicted molar refractivity (Wildman–Crippen MR) is 122 cm³/mol. The topological polar surface area (TPSA) is 48.7 Å². The first-order valence-corrected chi connectivity index (χ1v) is 10.5. The minimum atomic E-state index is -0.250. The number of hydrogen-bond acceptors (Lipinski definition) is 4. The van der Waals surface area contributed by atoms with Gasteiger partial charge in [0, 0.05) is 15.6 Å². The zero-order valence-corrected chi connectivity index (χ0v) is 18.7. The van der Waals surface area contributed by atoms with E-state index in [9.17, 15) is 4.79 Å². The first-order chi connectivity index (χ1) is 14.4. The molecule has 4 rings (SSSR count). The first kappa shape index (κ1) is 20.5. The van der Waals surface area contributed by atoms with E-state index >= 15 is 0 Å². The Morgan fingerprint density at radius 2 is 1.77 bits per heavy atom. The Hall–Kier alpha value is -2.76. The summed E-state index contributed by atoms with van der Waals surface area (Å²) in [6.45, 7) is 4.19. The normalized spacial score (nSPS) is 10.9. The van der Waals surface area contributed by atoms with E-state index in [1.165, 1.54) is 6.26 Å². The third-order valence-corrected chi connectivity index (χ3v) is 5.74. The van der Waals surface area contributed by atoms with Gasteiger partial charge in [-0.3, -0.25) is 4.79 Å². The van der Waals surface area contributed by atoms with Gasteiger partial charge in [0.25, 0.3) is 0 Å². The highest BCUT2D eigenvalue weighted by Crippen LogP contribution is 2.29. The average molecular weight is 486 g/mol. The molecular formula is C24H18BrClO4. The van der Waals surface area contributed by atoms with Crippen LogP contribution in [0.3, 0.4) is 0 Å². The molecule has 0 aliphatic rings. The van der Waals surface area contributed by atoms with Crippen molar-refractivity contribution in [1.29, 1.82) is 0 Å². The molecule has 4 nitrogen and oxygen atoms in total. The third-order valence-electron chi connectivity index (χ3n) is 4.65. The average Bonchev–Trinajstić information content (AvgIpc) is 2.72. The molecule has 4 aromatic rings. The van der Waals surface area contributed by atoms with Gasteiger partial charge in [-0.1, -0.05) is 39.7 Å². The SMILES string of the molecule is Cc1cc(Oc2coc3cc(OCc4cccc(Br)c4)ccc3c2=O)cc(C)c1Cl. The summed E-state index contributed by atoms with van der Waals surface area (Å²) in [4.78, 5) is 12.8. The van der Waals surface area contributed by atoms with E-state index in [2.05, 4.69) is 15.9 Å². The Bertz CT molecular complexity index is 1270. The molecule has 0 spiro atoms. The number of benzene rings is 3. The molecule has 0 fully saturated rings. The fourth-order valence-electron chi connectivity index (χ4n) is 3.14. The Morgan fingerprint density at radius 1 is 1.00 bits per heavy atom. The highest BCUT2D eigenvalue weighted by atomic mass is 79.9. The van der Waals surface area contributed by atoms with Gasteiger partial charge in [0.1, 0.15) is 30.0 Å². The molecule has 0 amide bonds. The maximum atomic E-state index is 12.8. The molecule has 1 aromatic heterocycles. The summed E-state index contributed by atoms with van der Waals surface area (Å²) >= 11 is 9.65. The fraction of sp³-hybridized carbons (Fsp3) is 0.125. The molecular weight excluding hydrogens is 468 g/mol. The summed E-state index contributed by atoms with van der Waals surface area (Å²) in [6.07, 6.45) is 1.32. The fourth-order valence-corrected chi connectivity index (χ4v) is 3.69. The van der Waals surface area contributed by atoms with Gasteiger partial charge in [0.05, 0.1) is 5.39 Å². The number of halogens is 2. The van der Waals surface area contributed by atoms with Crippen molar-refractivity contribution in [1.82, 2.24) is 0 Å². The molecule has 152 valence electrons. The molecule has 0 unspecified atom stereocenters. The number of rotatable bonds is 5. The van der Waals surface area contributed by atoms with Crippen molar-refractivity contribution in [3.63, 3.8) is 0 Å². The summed E-state index contributed by atoms with van der Waals surface area (Å²) < 4.78 is 18.3.